The van der Waals surface area contributed by atoms with Crippen LogP contribution in [0.1, 0.15) is 33.2 Å². The molecule has 0 saturated carbocycles. The van der Waals surface area contributed by atoms with E-state index < -0.39 is 5.97 Å². The number of carbonyl (C=O) groups excluding carboxylic acids is 1. The molecule has 0 aliphatic heterocycles. The molecule has 0 amide bonds. The van der Waals surface area contributed by atoms with Crippen molar-refractivity contribution in [3.8, 4) is 0 Å². The quantitative estimate of drug-likeness (QED) is 0.803. The summed E-state index contributed by atoms with van der Waals surface area (Å²) < 4.78 is 1.61. The zero-order chi connectivity index (χ0) is 14.0. The lowest BCUT2D eigenvalue weighted by Gasteiger charge is -2.07. The Morgan fingerprint density at radius 1 is 1.42 bits per heavy atom. The largest absolute Gasteiger partial charge is 0.478 e. The topological polar surface area (TPSA) is 79.5 Å². The van der Waals surface area contributed by atoms with Crippen molar-refractivity contribution in [2.24, 2.45) is 0 Å². The van der Waals surface area contributed by atoms with Crippen LogP contribution in [0, 0.1) is 0 Å². The van der Waals surface area contributed by atoms with E-state index in [-0.39, 0.29) is 18.7 Å². The summed E-state index contributed by atoms with van der Waals surface area (Å²) >= 11 is 0. The third kappa shape index (κ3) is 2.24. The second-order valence-electron chi connectivity index (χ2n) is 4.32. The van der Waals surface area contributed by atoms with Crippen LogP contribution < -0.4 is 0 Å². The number of carboxylic acids is 1. The van der Waals surface area contributed by atoms with Crippen LogP contribution in [0.15, 0.2) is 18.3 Å². The normalized spacial score (nSPS) is 10.8. The number of aromatic nitrogens is 1. The number of hydrogen-bond acceptors (Lipinski definition) is 3. The van der Waals surface area contributed by atoms with Gasteiger partial charge in [-0.05, 0) is 24.1 Å². The highest BCUT2D eigenvalue weighted by molar-refractivity contribution is 6.07. The smallest absolute Gasteiger partial charge is 0.337 e. The van der Waals surface area contributed by atoms with Crippen molar-refractivity contribution in [2.75, 3.05) is 6.61 Å². The Hall–Kier alpha value is -2.14. The van der Waals surface area contributed by atoms with Crippen molar-refractivity contribution in [3.05, 3.63) is 35.0 Å². The molecule has 0 fully saturated rings. The highest BCUT2D eigenvalue weighted by Crippen LogP contribution is 2.26. The summed E-state index contributed by atoms with van der Waals surface area (Å²) in [6, 6.07) is 3.45. The highest BCUT2D eigenvalue weighted by atomic mass is 16.4. The first-order chi connectivity index (χ1) is 9.12. The predicted octanol–water partition coefficient (Wildman–Crippen LogP) is 1.71. The Bertz CT molecular complexity index is 642. The second kappa shape index (κ2) is 5.24. The van der Waals surface area contributed by atoms with E-state index in [0.717, 1.165) is 5.56 Å². The standard InChI is InChI=1S/C14H15NO4/c1-2-9-5-11-10(8-17)7-15(3-4-16)13(11)12(6-9)14(18)19/h5-8,16H,2-4H2,1H3,(H,18,19). The molecule has 0 saturated heterocycles. The van der Waals surface area contributed by atoms with Crippen LogP contribution in [0.4, 0.5) is 0 Å². The summed E-state index contributed by atoms with van der Waals surface area (Å²) in [6.45, 7) is 2.07. The molecule has 0 aliphatic rings. The number of rotatable bonds is 5. The van der Waals surface area contributed by atoms with Crippen molar-refractivity contribution < 1.29 is 19.8 Å². The highest BCUT2D eigenvalue weighted by Gasteiger charge is 2.17. The average Bonchev–Trinajstić information content (AvgIpc) is 2.76. The Morgan fingerprint density at radius 2 is 2.16 bits per heavy atom. The van der Waals surface area contributed by atoms with E-state index in [9.17, 15) is 14.7 Å². The van der Waals surface area contributed by atoms with Gasteiger partial charge in [0.25, 0.3) is 0 Å². The number of carbonyl (C=O) groups is 2. The molecule has 2 rings (SSSR count). The van der Waals surface area contributed by atoms with E-state index in [1.54, 1.807) is 16.8 Å². The molecule has 0 aliphatic carbocycles. The summed E-state index contributed by atoms with van der Waals surface area (Å²) in [5.41, 5.74) is 1.97. The summed E-state index contributed by atoms with van der Waals surface area (Å²) in [4.78, 5) is 22.5. The van der Waals surface area contributed by atoms with Crippen LogP contribution >= 0.6 is 0 Å². The van der Waals surface area contributed by atoms with E-state index in [1.165, 1.54) is 0 Å². The SMILES string of the molecule is CCc1cc(C(=O)O)c2c(c1)c(C=O)cn2CCO. The van der Waals surface area contributed by atoms with Gasteiger partial charge in [0.1, 0.15) is 0 Å². The number of aldehydes is 1. The number of hydrogen-bond donors (Lipinski definition) is 2. The number of aliphatic hydroxyl groups excluding tert-OH is 1. The first-order valence-corrected chi connectivity index (χ1v) is 6.07. The van der Waals surface area contributed by atoms with E-state index in [4.69, 9.17) is 5.11 Å². The maximum Gasteiger partial charge on any atom is 0.337 e. The molecule has 100 valence electrons. The zero-order valence-corrected chi connectivity index (χ0v) is 10.6. The van der Waals surface area contributed by atoms with Gasteiger partial charge in [0.15, 0.2) is 6.29 Å². The van der Waals surface area contributed by atoms with E-state index in [1.807, 2.05) is 13.0 Å². The lowest BCUT2D eigenvalue weighted by atomic mass is 10.0. The fourth-order valence-corrected chi connectivity index (χ4v) is 2.27. The lowest BCUT2D eigenvalue weighted by Crippen LogP contribution is -2.06. The molecule has 2 N–H and O–H groups in total. The van der Waals surface area contributed by atoms with Crippen LogP contribution in [0.2, 0.25) is 0 Å². The van der Waals surface area contributed by atoms with Crippen molar-refractivity contribution in [3.63, 3.8) is 0 Å². The molecule has 0 radical (unpaired) electrons. The van der Waals surface area contributed by atoms with Crippen LogP contribution in [-0.4, -0.2) is 33.6 Å². The third-order valence-corrected chi connectivity index (χ3v) is 3.17. The Balaban J connectivity index is 2.85. The fraction of sp³-hybridized carbons (Fsp3) is 0.286. The molecule has 5 nitrogen and oxygen atoms in total. The Kier molecular flexibility index (Phi) is 3.66. The van der Waals surface area contributed by atoms with Crippen LogP contribution in [0.25, 0.3) is 10.9 Å². The number of carboxylic acid groups (broad SMARTS) is 1. The minimum Gasteiger partial charge on any atom is -0.478 e. The maximum atomic E-state index is 11.4. The van der Waals surface area contributed by atoms with Crippen LogP contribution in [0.3, 0.4) is 0 Å². The first kappa shape index (κ1) is 13.3. The number of aromatic carboxylic acids is 1. The minimum atomic E-state index is -1.03. The van der Waals surface area contributed by atoms with E-state index in [2.05, 4.69) is 0 Å². The molecule has 2 aromatic rings. The molecule has 1 heterocycles. The van der Waals surface area contributed by atoms with Gasteiger partial charge in [0.2, 0.25) is 0 Å². The first-order valence-electron chi connectivity index (χ1n) is 6.07. The molecular formula is C14H15NO4. The third-order valence-electron chi connectivity index (χ3n) is 3.17. The molecule has 0 bridgehead atoms. The zero-order valence-electron chi connectivity index (χ0n) is 10.6. The minimum absolute atomic E-state index is 0.114. The van der Waals surface area contributed by atoms with Gasteiger partial charge in [0, 0.05) is 23.7 Å². The van der Waals surface area contributed by atoms with Crippen molar-refractivity contribution >= 4 is 23.2 Å². The van der Waals surface area contributed by atoms with Gasteiger partial charge in [-0.3, -0.25) is 4.79 Å². The van der Waals surface area contributed by atoms with Gasteiger partial charge < -0.3 is 14.8 Å². The van der Waals surface area contributed by atoms with Gasteiger partial charge in [-0.2, -0.15) is 0 Å². The Labute approximate surface area is 110 Å². The van der Waals surface area contributed by atoms with Gasteiger partial charge in [-0.15, -0.1) is 0 Å². The lowest BCUT2D eigenvalue weighted by molar-refractivity contribution is 0.0698. The van der Waals surface area contributed by atoms with Crippen molar-refractivity contribution in [2.45, 2.75) is 19.9 Å². The summed E-state index contributed by atoms with van der Waals surface area (Å²) in [5.74, 6) is -1.03. The summed E-state index contributed by atoms with van der Waals surface area (Å²) in [5, 5.41) is 19.0. The van der Waals surface area contributed by atoms with Crippen molar-refractivity contribution in [1.29, 1.82) is 0 Å². The van der Waals surface area contributed by atoms with E-state index >= 15 is 0 Å². The predicted molar refractivity (Wildman–Crippen MR) is 70.7 cm³/mol. The van der Waals surface area contributed by atoms with Gasteiger partial charge >= 0.3 is 5.97 Å². The monoisotopic (exact) mass is 261 g/mol. The number of nitrogens with zero attached hydrogens (tertiary/aromatic N) is 1. The summed E-state index contributed by atoms with van der Waals surface area (Å²) in [6.07, 6.45) is 2.99. The van der Waals surface area contributed by atoms with Crippen molar-refractivity contribution in [1.82, 2.24) is 4.57 Å². The molecule has 0 unspecified atom stereocenters. The Morgan fingerprint density at radius 3 is 2.68 bits per heavy atom. The number of benzene rings is 1. The van der Waals surface area contributed by atoms with Gasteiger partial charge in [0.05, 0.1) is 17.7 Å². The molecule has 1 aromatic carbocycles. The van der Waals surface area contributed by atoms with Gasteiger partial charge in [-0.1, -0.05) is 6.92 Å². The average molecular weight is 261 g/mol. The summed E-state index contributed by atoms with van der Waals surface area (Å²) in [7, 11) is 0. The molecule has 5 heteroatoms. The molecule has 0 spiro atoms. The molecule has 19 heavy (non-hydrogen) atoms. The van der Waals surface area contributed by atoms with Crippen LogP contribution in [0.5, 0.6) is 0 Å². The molecule has 0 atom stereocenters. The molecule has 1 aromatic heterocycles. The van der Waals surface area contributed by atoms with Gasteiger partial charge in [-0.25, -0.2) is 4.79 Å². The maximum absolute atomic E-state index is 11.4. The molecular weight excluding hydrogens is 246 g/mol. The second-order valence-corrected chi connectivity index (χ2v) is 4.32. The fourth-order valence-electron chi connectivity index (χ4n) is 2.27. The number of aryl methyl sites for hydroxylation is 1. The number of fused-ring (bicyclic) bond motifs is 1. The van der Waals surface area contributed by atoms with E-state index in [0.29, 0.717) is 29.2 Å². The number of aliphatic hydroxyl groups is 1. The van der Waals surface area contributed by atoms with Crippen LogP contribution in [-0.2, 0) is 13.0 Å².